The fraction of sp³-hybridized carbons (Fsp3) is 0.615. The molecule has 1 fully saturated rings. The Morgan fingerprint density at radius 2 is 2.06 bits per heavy atom. The van der Waals surface area contributed by atoms with Gasteiger partial charge in [-0.25, -0.2) is 14.8 Å². The van der Waals surface area contributed by atoms with Crippen LogP contribution < -0.4 is 5.73 Å². The molecule has 18 heavy (non-hydrogen) atoms. The molecule has 0 aliphatic heterocycles. The normalized spacial score (nSPS) is 15.9. The first-order chi connectivity index (χ1) is 8.63. The standard InChI is InChI=1S/C13H19N3O2/c1-3-18-13(17)10-8(2)15-12(16-11(10)14)9-6-4-5-7-9/h9H,3-7H2,1-2H3,(H2,14,15,16). The summed E-state index contributed by atoms with van der Waals surface area (Å²) in [6, 6.07) is 0. The zero-order valence-corrected chi connectivity index (χ0v) is 10.9. The summed E-state index contributed by atoms with van der Waals surface area (Å²) >= 11 is 0. The van der Waals surface area contributed by atoms with E-state index in [4.69, 9.17) is 10.5 Å². The van der Waals surface area contributed by atoms with Gasteiger partial charge in [0.05, 0.1) is 12.3 Å². The highest BCUT2D eigenvalue weighted by Gasteiger charge is 2.24. The van der Waals surface area contributed by atoms with Crippen LogP contribution in [0.4, 0.5) is 5.82 Å². The summed E-state index contributed by atoms with van der Waals surface area (Å²) in [5.41, 5.74) is 6.79. The molecule has 0 radical (unpaired) electrons. The zero-order chi connectivity index (χ0) is 13.1. The molecule has 5 heteroatoms. The van der Waals surface area contributed by atoms with Crippen molar-refractivity contribution in [2.45, 2.75) is 45.4 Å². The third-order valence-electron chi connectivity index (χ3n) is 3.34. The molecule has 1 aliphatic rings. The Hall–Kier alpha value is -1.65. The van der Waals surface area contributed by atoms with Gasteiger partial charge in [-0.15, -0.1) is 0 Å². The van der Waals surface area contributed by atoms with Gasteiger partial charge in [-0.05, 0) is 26.7 Å². The molecule has 0 saturated heterocycles. The minimum absolute atomic E-state index is 0.239. The molecule has 0 spiro atoms. The van der Waals surface area contributed by atoms with E-state index in [0.717, 1.165) is 18.7 Å². The molecule has 2 rings (SSSR count). The summed E-state index contributed by atoms with van der Waals surface area (Å²) in [6.45, 7) is 3.86. The van der Waals surface area contributed by atoms with Crippen molar-refractivity contribution in [2.24, 2.45) is 0 Å². The number of hydrogen-bond donors (Lipinski definition) is 1. The monoisotopic (exact) mass is 249 g/mol. The molecule has 0 bridgehead atoms. The fourth-order valence-corrected chi connectivity index (χ4v) is 2.44. The molecule has 0 atom stereocenters. The van der Waals surface area contributed by atoms with Crippen LogP contribution in [0.15, 0.2) is 0 Å². The second-order valence-corrected chi connectivity index (χ2v) is 4.63. The molecule has 98 valence electrons. The Balaban J connectivity index is 2.31. The van der Waals surface area contributed by atoms with Gasteiger partial charge in [0.1, 0.15) is 17.2 Å². The minimum atomic E-state index is -0.439. The summed E-state index contributed by atoms with van der Waals surface area (Å²) in [7, 11) is 0. The molecule has 5 nitrogen and oxygen atoms in total. The van der Waals surface area contributed by atoms with Gasteiger partial charge < -0.3 is 10.5 Å². The van der Waals surface area contributed by atoms with E-state index in [9.17, 15) is 4.79 Å². The van der Waals surface area contributed by atoms with E-state index < -0.39 is 5.97 Å². The Bertz CT molecular complexity index is 431. The third-order valence-corrected chi connectivity index (χ3v) is 3.34. The summed E-state index contributed by atoms with van der Waals surface area (Å²) in [5, 5.41) is 0. The van der Waals surface area contributed by atoms with Crippen LogP contribution in [0, 0.1) is 6.92 Å². The van der Waals surface area contributed by atoms with Gasteiger partial charge in [-0.2, -0.15) is 0 Å². The van der Waals surface area contributed by atoms with Crippen molar-refractivity contribution in [1.29, 1.82) is 0 Å². The number of nitrogens with zero attached hydrogens (tertiary/aromatic N) is 2. The molecule has 2 N–H and O–H groups in total. The van der Waals surface area contributed by atoms with Gasteiger partial charge in [0.2, 0.25) is 0 Å². The summed E-state index contributed by atoms with van der Waals surface area (Å²) in [5.74, 6) is 0.964. The predicted octanol–water partition coefficient (Wildman–Crippen LogP) is 2.20. The van der Waals surface area contributed by atoms with E-state index in [1.54, 1.807) is 13.8 Å². The maximum Gasteiger partial charge on any atom is 0.343 e. The summed E-state index contributed by atoms with van der Waals surface area (Å²) < 4.78 is 4.96. The highest BCUT2D eigenvalue weighted by atomic mass is 16.5. The van der Waals surface area contributed by atoms with Gasteiger partial charge in [-0.3, -0.25) is 0 Å². The molecule has 1 aromatic rings. The van der Waals surface area contributed by atoms with Gasteiger partial charge in [0.25, 0.3) is 0 Å². The molecule has 0 aromatic carbocycles. The molecule has 0 amide bonds. The number of hydrogen-bond acceptors (Lipinski definition) is 5. The topological polar surface area (TPSA) is 78.1 Å². The molecule has 1 aliphatic carbocycles. The molecule has 1 aromatic heterocycles. The number of carbonyl (C=O) groups is 1. The van der Waals surface area contributed by atoms with Crippen molar-refractivity contribution < 1.29 is 9.53 Å². The second kappa shape index (κ2) is 5.33. The van der Waals surface area contributed by atoms with Crippen molar-refractivity contribution in [2.75, 3.05) is 12.3 Å². The van der Waals surface area contributed by atoms with E-state index in [1.165, 1.54) is 12.8 Å². The number of nitrogen functional groups attached to an aromatic ring is 1. The lowest BCUT2D eigenvalue weighted by molar-refractivity contribution is 0.0525. The number of ether oxygens (including phenoxy) is 1. The third kappa shape index (κ3) is 2.44. The highest BCUT2D eigenvalue weighted by molar-refractivity contribution is 5.95. The van der Waals surface area contributed by atoms with Crippen molar-refractivity contribution in [1.82, 2.24) is 9.97 Å². The fourth-order valence-electron chi connectivity index (χ4n) is 2.44. The van der Waals surface area contributed by atoms with Crippen molar-refractivity contribution in [3.8, 4) is 0 Å². The van der Waals surface area contributed by atoms with Crippen molar-refractivity contribution in [3.05, 3.63) is 17.1 Å². The van der Waals surface area contributed by atoms with Crippen LogP contribution in [0.5, 0.6) is 0 Å². The summed E-state index contributed by atoms with van der Waals surface area (Å²) in [4.78, 5) is 20.4. The van der Waals surface area contributed by atoms with Gasteiger partial charge in [-0.1, -0.05) is 12.8 Å². The van der Waals surface area contributed by atoms with Gasteiger partial charge >= 0.3 is 5.97 Å². The molecule has 1 saturated carbocycles. The number of aryl methyl sites for hydroxylation is 1. The van der Waals surface area contributed by atoms with E-state index in [0.29, 0.717) is 23.8 Å². The van der Waals surface area contributed by atoms with Crippen molar-refractivity contribution in [3.63, 3.8) is 0 Å². The van der Waals surface area contributed by atoms with Crippen LogP contribution in [-0.4, -0.2) is 22.5 Å². The van der Waals surface area contributed by atoms with Crippen LogP contribution in [0.1, 0.15) is 60.4 Å². The zero-order valence-electron chi connectivity index (χ0n) is 10.9. The van der Waals surface area contributed by atoms with E-state index in [1.807, 2.05) is 0 Å². The van der Waals surface area contributed by atoms with E-state index >= 15 is 0 Å². The SMILES string of the molecule is CCOC(=O)c1c(C)nc(C2CCCC2)nc1N. The summed E-state index contributed by atoms with van der Waals surface area (Å²) in [6.07, 6.45) is 4.65. The number of aromatic nitrogens is 2. The molecular formula is C13H19N3O2. The second-order valence-electron chi connectivity index (χ2n) is 4.63. The molecular weight excluding hydrogens is 230 g/mol. The smallest absolute Gasteiger partial charge is 0.343 e. The van der Waals surface area contributed by atoms with Crippen LogP contribution in [0.3, 0.4) is 0 Å². The Morgan fingerprint density at radius 1 is 1.39 bits per heavy atom. The Labute approximate surface area is 107 Å². The number of carbonyl (C=O) groups excluding carboxylic acids is 1. The lowest BCUT2D eigenvalue weighted by Crippen LogP contribution is -2.15. The van der Waals surface area contributed by atoms with E-state index in [-0.39, 0.29) is 5.82 Å². The van der Waals surface area contributed by atoms with Gasteiger partial charge in [0.15, 0.2) is 0 Å². The number of nitrogens with two attached hydrogens (primary N) is 1. The van der Waals surface area contributed by atoms with Crippen LogP contribution in [-0.2, 0) is 4.74 Å². The first-order valence-electron chi connectivity index (χ1n) is 6.44. The molecule has 0 unspecified atom stereocenters. The van der Waals surface area contributed by atoms with Crippen LogP contribution >= 0.6 is 0 Å². The highest BCUT2D eigenvalue weighted by Crippen LogP contribution is 2.33. The van der Waals surface area contributed by atoms with Crippen LogP contribution in [0.2, 0.25) is 0 Å². The average molecular weight is 249 g/mol. The van der Waals surface area contributed by atoms with Crippen molar-refractivity contribution >= 4 is 11.8 Å². The maximum atomic E-state index is 11.7. The Kier molecular flexibility index (Phi) is 3.79. The van der Waals surface area contributed by atoms with Gasteiger partial charge in [0, 0.05) is 5.92 Å². The quantitative estimate of drug-likeness (QED) is 0.831. The van der Waals surface area contributed by atoms with E-state index in [2.05, 4.69) is 9.97 Å². The first kappa shape index (κ1) is 12.8. The van der Waals surface area contributed by atoms with Crippen LogP contribution in [0.25, 0.3) is 0 Å². The number of anilines is 1. The lowest BCUT2D eigenvalue weighted by Gasteiger charge is -2.12. The number of esters is 1. The predicted molar refractivity (Wildman–Crippen MR) is 68.3 cm³/mol. The maximum absolute atomic E-state index is 11.7. The molecule has 1 heterocycles. The lowest BCUT2D eigenvalue weighted by atomic mass is 10.1. The minimum Gasteiger partial charge on any atom is -0.462 e. The largest absolute Gasteiger partial charge is 0.462 e. The Morgan fingerprint density at radius 3 is 2.61 bits per heavy atom. The average Bonchev–Trinajstić information content (AvgIpc) is 2.81. The number of rotatable bonds is 3. The first-order valence-corrected chi connectivity index (χ1v) is 6.44.